The lowest BCUT2D eigenvalue weighted by atomic mass is 9.95. The van der Waals surface area contributed by atoms with Crippen molar-refractivity contribution in [1.82, 2.24) is 4.31 Å². The summed E-state index contributed by atoms with van der Waals surface area (Å²) in [5, 5.41) is 4.07. The van der Waals surface area contributed by atoms with Crippen molar-refractivity contribution in [2.75, 3.05) is 25.5 Å². The van der Waals surface area contributed by atoms with Gasteiger partial charge in [-0.1, -0.05) is 29.3 Å². The highest BCUT2D eigenvalue weighted by Crippen LogP contribution is 2.39. The first kappa shape index (κ1) is 25.4. The molecule has 4 rings (SSSR count). The Bertz CT molecular complexity index is 1210. The molecule has 2 aromatic rings. The first-order chi connectivity index (χ1) is 16.2. The van der Waals surface area contributed by atoms with Crippen LogP contribution in [0.25, 0.3) is 0 Å². The third-order valence-electron chi connectivity index (χ3n) is 6.28. The number of amides is 1. The molecule has 0 bridgehead atoms. The summed E-state index contributed by atoms with van der Waals surface area (Å²) in [7, 11) is -2.32. The van der Waals surface area contributed by atoms with Crippen molar-refractivity contribution in [2.45, 2.75) is 44.3 Å². The lowest BCUT2D eigenvalue weighted by molar-refractivity contribution is -0.120. The molecule has 7 nitrogen and oxygen atoms in total. The number of ether oxygens (including phenoxy) is 1. The summed E-state index contributed by atoms with van der Waals surface area (Å²) in [6, 6.07) is 4.75. The summed E-state index contributed by atoms with van der Waals surface area (Å²) in [5.41, 5.74) is 1.94. The maximum absolute atomic E-state index is 13.1. The zero-order valence-corrected chi connectivity index (χ0v) is 21.9. The number of nitrogens with one attached hydrogen (secondary N) is 1. The van der Waals surface area contributed by atoms with E-state index in [2.05, 4.69) is 5.32 Å². The quantitative estimate of drug-likeness (QED) is 0.522. The van der Waals surface area contributed by atoms with E-state index in [0.717, 1.165) is 36.1 Å². The van der Waals surface area contributed by atoms with Crippen LogP contribution in [0.2, 0.25) is 10.0 Å². The number of benzene rings is 1. The van der Waals surface area contributed by atoms with Crippen molar-refractivity contribution in [3.8, 4) is 0 Å². The van der Waals surface area contributed by atoms with Gasteiger partial charge in [0.1, 0.15) is 5.00 Å². The van der Waals surface area contributed by atoms with Crippen LogP contribution >= 0.6 is 34.5 Å². The van der Waals surface area contributed by atoms with E-state index in [1.165, 1.54) is 22.8 Å². The van der Waals surface area contributed by atoms with Crippen LogP contribution in [0.1, 0.15) is 52.0 Å². The maximum Gasteiger partial charge on any atom is 0.341 e. The number of sulfonamides is 1. The second kappa shape index (κ2) is 10.5. The minimum Gasteiger partial charge on any atom is -0.465 e. The summed E-state index contributed by atoms with van der Waals surface area (Å²) in [6.07, 6.45) is 4.86. The summed E-state index contributed by atoms with van der Waals surface area (Å²) >= 11 is 13.4. The monoisotopic (exact) mass is 544 g/mol. The molecule has 0 saturated carbocycles. The summed E-state index contributed by atoms with van der Waals surface area (Å²) < 4.78 is 32.4. The topological polar surface area (TPSA) is 92.8 Å². The fraction of sp³-hybridized carbons (Fsp3) is 0.478. The van der Waals surface area contributed by atoms with E-state index in [1.807, 2.05) is 0 Å². The molecule has 184 valence electrons. The van der Waals surface area contributed by atoms with Crippen LogP contribution in [0, 0.1) is 5.92 Å². The number of fused-ring (bicyclic) bond motifs is 1. The van der Waals surface area contributed by atoms with Gasteiger partial charge in [0.25, 0.3) is 0 Å². The number of hydrogen-bond donors (Lipinski definition) is 1. The first-order valence-corrected chi connectivity index (χ1v) is 14.3. The molecule has 1 aromatic carbocycles. The molecule has 0 unspecified atom stereocenters. The van der Waals surface area contributed by atoms with Gasteiger partial charge in [0, 0.05) is 18.0 Å². The number of aryl methyl sites for hydroxylation is 1. The summed E-state index contributed by atoms with van der Waals surface area (Å²) in [6.45, 7) is 0.447. The number of anilines is 1. The number of halogens is 2. The standard InChI is InChI=1S/C23H26Cl2N2O5S2/c1-32-23(29)20-16-6-2-3-7-19(16)33-22(20)26-21(28)15-5-4-10-27(12-15)34(30,31)13-14-8-9-17(24)18(25)11-14/h8-9,11,15H,2-7,10,12-13H2,1H3,(H,26,28)/t15-/m0/s1. The van der Waals surface area contributed by atoms with Crippen molar-refractivity contribution >= 4 is 61.4 Å². The van der Waals surface area contributed by atoms with Crippen LogP contribution in [-0.4, -0.2) is 44.8 Å². The molecule has 1 aromatic heterocycles. The summed E-state index contributed by atoms with van der Waals surface area (Å²) in [5.74, 6) is -1.47. The van der Waals surface area contributed by atoms with Crippen molar-refractivity contribution < 1.29 is 22.7 Å². The zero-order chi connectivity index (χ0) is 24.5. The molecule has 11 heteroatoms. The smallest absolute Gasteiger partial charge is 0.341 e. The van der Waals surface area contributed by atoms with E-state index in [-0.39, 0.29) is 18.2 Å². The van der Waals surface area contributed by atoms with Gasteiger partial charge in [-0.25, -0.2) is 17.5 Å². The van der Waals surface area contributed by atoms with Gasteiger partial charge < -0.3 is 10.1 Å². The second-order valence-electron chi connectivity index (χ2n) is 8.60. The van der Waals surface area contributed by atoms with Gasteiger partial charge in [0.05, 0.1) is 34.4 Å². The van der Waals surface area contributed by atoms with E-state index in [9.17, 15) is 18.0 Å². The predicted octanol–water partition coefficient (Wildman–Crippen LogP) is 4.90. The van der Waals surface area contributed by atoms with Crippen LogP contribution < -0.4 is 5.32 Å². The minimum atomic E-state index is -3.65. The van der Waals surface area contributed by atoms with Gasteiger partial charge in [0.2, 0.25) is 15.9 Å². The number of rotatable bonds is 6. The molecule has 1 saturated heterocycles. The Morgan fingerprint density at radius 1 is 1.18 bits per heavy atom. The molecule has 1 aliphatic heterocycles. The van der Waals surface area contributed by atoms with Crippen molar-refractivity contribution in [1.29, 1.82) is 0 Å². The van der Waals surface area contributed by atoms with Crippen molar-refractivity contribution in [3.05, 3.63) is 49.8 Å². The Labute approximate surface area is 213 Å². The molecule has 1 atom stereocenters. The van der Waals surface area contributed by atoms with Gasteiger partial charge in [-0.2, -0.15) is 0 Å². The fourth-order valence-corrected chi connectivity index (χ4v) is 7.73. The van der Waals surface area contributed by atoms with E-state index in [1.54, 1.807) is 18.2 Å². The van der Waals surface area contributed by atoms with Crippen LogP contribution in [0.3, 0.4) is 0 Å². The average molecular weight is 546 g/mol. The highest BCUT2D eigenvalue weighted by atomic mass is 35.5. The third-order valence-corrected chi connectivity index (χ3v) is 10.0. The van der Waals surface area contributed by atoms with Gasteiger partial charge in [-0.15, -0.1) is 11.3 Å². The Morgan fingerprint density at radius 2 is 1.94 bits per heavy atom. The molecule has 1 fully saturated rings. The molecular weight excluding hydrogens is 519 g/mol. The number of piperidine rings is 1. The van der Waals surface area contributed by atoms with E-state index in [4.69, 9.17) is 27.9 Å². The third kappa shape index (κ3) is 5.44. The molecule has 0 spiro atoms. The molecule has 1 aliphatic carbocycles. The van der Waals surface area contributed by atoms with Crippen molar-refractivity contribution in [3.63, 3.8) is 0 Å². The predicted molar refractivity (Wildman–Crippen MR) is 134 cm³/mol. The Kier molecular flexibility index (Phi) is 7.89. The fourth-order valence-electron chi connectivity index (χ4n) is 4.53. The number of thiophene rings is 1. The SMILES string of the molecule is COC(=O)c1c(NC(=O)[C@H]2CCCN(S(=O)(=O)Cc3ccc(Cl)c(Cl)c3)C2)sc2c1CCCC2. The number of esters is 1. The number of carbonyl (C=O) groups is 2. The van der Waals surface area contributed by atoms with Crippen molar-refractivity contribution in [2.24, 2.45) is 5.92 Å². The van der Waals surface area contributed by atoms with Gasteiger partial charge in [-0.05, 0) is 61.8 Å². The van der Waals surface area contributed by atoms with E-state index in [0.29, 0.717) is 45.6 Å². The zero-order valence-electron chi connectivity index (χ0n) is 18.7. The molecule has 2 heterocycles. The van der Waals surface area contributed by atoms with Crippen LogP contribution in [0.4, 0.5) is 5.00 Å². The largest absolute Gasteiger partial charge is 0.465 e. The highest BCUT2D eigenvalue weighted by molar-refractivity contribution is 7.88. The molecule has 0 radical (unpaired) electrons. The van der Waals surface area contributed by atoms with E-state index >= 15 is 0 Å². The Balaban J connectivity index is 1.48. The lowest BCUT2D eigenvalue weighted by Crippen LogP contribution is -2.44. The Hall–Kier alpha value is -1.65. The number of nitrogens with zero attached hydrogens (tertiary/aromatic N) is 1. The second-order valence-corrected chi connectivity index (χ2v) is 12.5. The van der Waals surface area contributed by atoms with E-state index < -0.39 is 21.9 Å². The molecule has 1 amide bonds. The normalized spacial score (nSPS) is 18.9. The first-order valence-electron chi connectivity index (χ1n) is 11.1. The van der Waals surface area contributed by atoms with Crippen LogP contribution in [0.5, 0.6) is 0 Å². The van der Waals surface area contributed by atoms with Gasteiger partial charge >= 0.3 is 5.97 Å². The van der Waals surface area contributed by atoms with Gasteiger partial charge in [-0.3, -0.25) is 4.79 Å². The van der Waals surface area contributed by atoms with Crippen LogP contribution in [0.15, 0.2) is 18.2 Å². The average Bonchev–Trinajstić information content (AvgIpc) is 3.18. The number of methoxy groups -OCH3 is 1. The Morgan fingerprint density at radius 3 is 2.68 bits per heavy atom. The maximum atomic E-state index is 13.1. The molecular formula is C23H26Cl2N2O5S2. The number of hydrogen-bond acceptors (Lipinski definition) is 6. The number of carbonyl (C=O) groups excluding carboxylic acids is 2. The highest BCUT2D eigenvalue weighted by Gasteiger charge is 2.34. The van der Waals surface area contributed by atoms with Gasteiger partial charge in [0.15, 0.2) is 0 Å². The molecule has 34 heavy (non-hydrogen) atoms. The minimum absolute atomic E-state index is 0.0914. The molecule has 2 aliphatic rings. The molecule has 1 N–H and O–H groups in total. The van der Waals surface area contributed by atoms with Crippen LogP contribution in [-0.2, 0) is 38.1 Å². The lowest BCUT2D eigenvalue weighted by Gasteiger charge is -2.31. The summed E-state index contributed by atoms with van der Waals surface area (Å²) in [4.78, 5) is 26.7.